The molecule has 2 aromatic carbocycles. The van der Waals surface area contributed by atoms with E-state index in [9.17, 15) is 9.90 Å². The lowest BCUT2D eigenvalue weighted by Gasteiger charge is -2.25. The van der Waals surface area contributed by atoms with Crippen LogP contribution in [0.3, 0.4) is 0 Å². The molecule has 0 spiro atoms. The highest BCUT2D eigenvalue weighted by atomic mass is 16.4. The van der Waals surface area contributed by atoms with Crippen molar-refractivity contribution in [3.63, 3.8) is 0 Å². The summed E-state index contributed by atoms with van der Waals surface area (Å²) in [6.07, 6.45) is 10.7. The molecule has 1 aromatic heterocycles. The number of aromatic nitrogens is 2. The number of likely N-dealkylation sites (N-methyl/N-ethyl adjacent to an activating group) is 2. The predicted octanol–water partition coefficient (Wildman–Crippen LogP) is 5.16. The van der Waals surface area contributed by atoms with Gasteiger partial charge < -0.3 is 19.5 Å². The molecule has 1 aliphatic heterocycles. The van der Waals surface area contributed by atoms with Crippen LogP contribution in [-0.2, 0) is 6.42 Å². The topological polar surface area (TPSA) is 74.0 Å². The zero-order chi connectivity index (χ0) is 23.8. The number of nitrogens with zero attached hydrogens (tertiary/aromatic N) is 5. The monoisotopic (exact) mass is 459 g/mol. The molecular weight excluding hydrogens is 426 g/mol. The molecule has 0 bridgehead atoms. The van der Waals surface area contributed by atoms with Gasteiger partial charge >= 0.3 is 5.97 Å². The third kappa shape index (κ3) is 4.09. The summed E-state index contributed by atoms with van der Waals surface area (Å²) in [6, 6.07) is 8.96. The van der Waals surface area contributed by atoms with Crippen molar-refractivity contribution in [1.29, 1.82) is 0 Å². The van der Waals surface area contributed by atoms with Crippen molar-refractivity contribution in [2.45, 2.75) is 44.6 Å². The number of carboxylic acid groups (broad SMARTS) is 1. The number of fused-ring (bicyclic) bond motifs is 2. The van der Waals surface area contributed by atoms with E-state index in [0.29, 0.717) is 18.0 Å². The van der Waals surface area contributed by atoms with Crippen molar-refractivity contribution in [3.05, 3.63) is 41.7 Å². The van der Waals surface area contributed by atoms with Crippen molar-refractivity contribution in [3.8, 4) is 11.1 Å². The van der Waals surface area contributed by atoms with E-state index >= 15 is 0 Å². The van der Waals surface area contributed by atoms with E-state index in [4.69, 9.17) is 4.98 Å². The van der Waals surface area contributed by atoms with E-state index in [1.807, 2.05) is 44.7 Å². The van der Waals surface area contributed by atoms with Gasteiger partial charge in [-0.2, -0.15) is 0 Å². The number of rotatable bonds is 7. The average molecular weight is 460 g/mol. The first kappa shape index (κ1) is 22.6. The lowest BCUT2D eigenvalue weighted by atomic mass is 9.93. The van der Waals surface area contributed by atoms with Gasteiger partial charge in [-0.1, -0.05) is 25.3 Å². The van der Waals surface area contributed by atoms with Crippen molar-refractivity contribution >= 4 is 34.6 Å². The van der Waals surface area contributed by atoms with Gasteiger partial charge in [-0.3, -0.25) is 4.99 Å². The van der Waals surface area contributed by atoms with Crippen LogP contribution in [0, 0.1) is 0 Å². The average Bonchev–Trinajstić information content (AvgIpc) is 3.48. The molecule has 0 unspecified atom stereocenters. The molecule has 7 nitrogen and oxygen atoms in total. The van der Waals surface area contributed by atoms with Gasteiger partial charge in [0, 0.05) is 49.9 Å². The second-order valence-electron chi connectivity index (χ2n) is 9.84. The van der Waals surface area contributed by atoms with E-state index in [-0.39, 0.29) is 0 Å². The second-order valence-corrected chi connectivity index (χ2v) is 9.84. The van der Waals surface area contributed by atoms with E-state index in [1.165, 1.54) is 37.6 Å². The Morgan fingerprint density at radius 3 is 2.65 bits per heavy atom. The summed E-state index contributed by atoms with van der Waals surface area (Å²) in [6.45, 7) is 1.57. The molecule has 3 aromatic rings. The highest BCUT2D eigenvalue weighted by molar-refractivity contribution is 6.04. The molecule has 0 amide bonds. The van der Waals surface area contributed by atoms with Crippen LogP contribution in [0.5, 0.6) is 0 Å². The van der Waals surface area contributed by atoms with E-state index in [0.717, 1.165) is 46.7 Å². The Bertz CT molecular complexity index is 1250. The summed E-state index contributed by atoms with van der Waals surface area (Å²) in [5, 5.41) is 10.1. The molecule has 1 fully saturated rings. The van der Waals surface area contributed by atoms with Gasteiger partial charge in [0.25, 0.3) is 0 Å². The maximum atomic E-state index is 12.3. The molecular formula is C27H33N5O2. The van der Waals surface area contributed by atoms with Gasteiger partial charge in [0.15, 0.2) is 0 Å². The SMILES string of the molecule is CN(C)CCN(C)c1cc(-c2ccc3c(c2)ncn3C2CCCCC2)c2c(c1C(=O)O)CC=N2. The molecule has 178 valence electrons. The largest absolute Gasteiger partial charge is 0.478 e. The Morgan fingerprint density at radius 1 is 1.12 bits per heavy atom. The molecule has 0 radical (unpaired) electrons. The lowest BCUT2D eigenvalue weighted by Crippen LogP contribution is -2.29. The molecule has 0 atom stereocenters. The number of benzene rings is 2. The number of carboxylic acids is 1. The molecule has 0 saturated heterocycles. The second kappa shape index (κ2) is 9.22. The van der Waals surface area contributed by atoms with Gasteiger partial charge in [0.1, 0.15) is 0 Å². The van der Waals surface area contributed by atoms with Crippen molar-refractivity contribution in [2.24, 2.45) is 4.99 Å². The van der Waals surface area contributed by atoms with Crippen LogP contribution in [0.15, 0.2) is 35.6 Å². The number of hydrogen-bond acceptors (Lipinski definition) is 5. The molecule has 1 aliphatic carbocycles. The maximum Gasteiger partial charge on any atom is 0.338 e. The Kier molecular flexibility index (Phi) is 6.13. The molecule has 2 aliphatic rings. The highest BCUT2D eigenvalue weighted by Gasteiger charge is 2.27. The van der Waals surface area contributed by atoms with Crippen LogP contribution >= 0.6 is 0 Å². The lowest BCUT2D eigenvalue weighted by molar-refractivity contribution is 0.0696. The fourth-order valence-electron chi connectivity index (χ4n) is 5.37. The summed E-state index contributed by atoms with van der Waals surface area (Å²) in [7, 11) is 6.01. The number of carbonyl (C=O) groups is 1. The fraction of sp³-hybridized carbons (Fsp3) is 0.444. The molecule has 7 heteroatoms. The van der Waals surface area contributed by atoms with Crippen LogP contribution in [0.2, 0.25) is 0 Å². The van der Waals surface area contributed by atoms with Gasteiger partial charge in [0.05, 0.1) is 34.3 Å². The van der Waals surface area contributed by atoms with Crippen molar-refractivity contribution < 1.29 is 9.90 Å². The number of aromatic carboxylic acids is 1. The number of imidazole rings is 1. The van der Waals surface area contributed by atoms with Crippen molar-refractivity contribution in [1.82, 2.24) is 14.5 Å². The third-order valence-corrected chi connectivity index (χ3v) is 7.26. The van der Waals surface area contributed by atoms with Gasteiger partial charge in [0.2, 0.25) is 0 Å². The summed E-state index contributed by atoms with van der Waals surface area (Å²) >= 11 is 0. The van der Waals surface area contributed by atoms with Gasteiger partial charge in [-0.05, 0) is 50.7 Å². The van der Waals surface area contributed by atoms with Crippen LogP contribution in [0.1, 0.15) is 54.1 Å². The Labute approximate surface area is 200 Å². The molecule has 1 N–H and O–H groups in total. The molecule has 5 rings (SSSR count). The zero-order valence-corrected chi connectivity index (χ0v) is 20.3. The Morgan fingerprint density at radius 2 is 1.91 bits per heavy atom. The van der Waals surface area contributed by atoms with Crippen LogP contribution in [-0.4, -0.2) is 66.0 Å². The van der Waals surface area contributed by atoms with E-state index < -0.39 is 5.97 Å². The van der Waals surface area contributed by atoms with Crippen LogP contribution in [0.25, 0.3) is 22.2 Å². The first-order chi connectivity index (χ1) is 16.4. The molecule has 34 heavy (non-hydrogen) atoms. The van der Waals surface area contributed by atoms with Gasteiger partial charge in [-0.25, -0.2) is 9.78 Å². The minimum Gasteiger partial charge on any atom is -0.478 e. The van der Waals surface area contributed by atoms with Crippen LogP contribution in [0.4, 0.5) is 11.4 Å². The number of aliphatic imine (C=N–C) groups is 1. The standard InChI is InChI=1S/C27H33N5O2/c1-30(2)13-14-31(3)24-16-21(26-20(11-12-28-26)25(24)27(33)34)18-9-10-23-22(15-18)29-17-32(23)19-7-5-4-6-8-19/h9-10,12,15-17,19H,4-8,11,13-14H2,1-3H3,(H,33,34). The number of anilines is 1. The zero-order valence-electron chi connectivity index (χ0n) is 20.3. The van der Waals surface area contributed by atoms with E-state index in [1.54, 1.807) is 0 Å². The summed E-state index contributed by atoms with van der Waals surface area (Å²) in [5.74, 6) is -0.901. The summed E-state index contributed by atoms with van der Waals surface area (Å²) in [5.41, 5.74) is 6.80. The minimum absolute atomic E-state index is 0.361. The Balaban J connectivity index is 1.59. The first-order valence-electron chi connectivity index (χ1n) is 12.2. The number of hydrogen-bond donors (Lipinski definition) is 1. The molecule has 2 heterocycles. The summed E-state index contributed by atoms with van der Waals surface area (Å²) in [4.78, 5) is 25.8. The smallest absolute Gasteiger partial charge is 0.338 e. The quantitative estimate of drug-likeness (QED) is 0.528. The fourth-order valence-corrected chi connectivity index (χ4v) is 5.37. The normalized spacial score (nSPS) is 15.9. The molecule has 1 saturated carbocycles. The third-order valence-electron chi connectivity index (χ3n) is 7.26. The Hall–Kier alpha value is -3.19. The highest BCUT2D eigenvalue weighted by Crippen LogP contribution is 2.43. The van der Waals surface area contributed by atoms with Gasteiger partial charge in [-0.15, -0.1) is 0 Å². The van der Waals surface area contributed by atoms with E-state index in [2.05, 4.69) is 32.7 Å². The minimum atomic E-state index is -0.901. The van der Waals surface area contributed by atoms with Crippen molar-refractivity contribution in [2.75, 3.05) is 39.1 Å². The first-order valence-corrected chi connectivity index (χ1v) is 12.2. The summed E-state index contributed by atoms with van der Waals surface area (Å²) < 4.78 is 2.34. The maximum absolute atomic E-state index is 12.3. The van der Waals surface area contributed by atoms with Crippen LogP contribution < -0.4 is 4.90 Å². The predicted molar refractivity (Wildman–Crippen MR) is 138 cm³/mol.